The molecule has 0 radical (unpaired) electrons. The molecular weight excluding hydrogens is 342 g/mol. The zero-order valence-corrected chi connectivity index (χ0v) is 15.1. The number of aryl methyl sites for hydroxylation is 1. The molecule has 0 bridgehead atoms. The highest BCUT2D eigenvalue weighted by Gasteiger charge is 2.21. The number of hydrogen-bond acceptors (Lipinski definition) is 7. The first-order valence-electron chi connectivity index (χ1n) is 8.90. The summed E-state index contributed by atoms with van der Waals surface area (Å²) < 4.78 is 0. The van der Waals surface area contributed by atoms with Crippen molar-refractivity contribution in [1.82, 2.24) is 24.8 Å². The van der Waals surface area contributed by atoms with Crippen LogP contribution in [0, 0.1) is 6.92 Å². The van der Waals surface area contributed by atoms with Crippen molar-refractivity contribution >= 4 is 0 Å². The van der Waals surface area contributed by atoms with E-state index >= 15 is 0 Å². The summed E-state index contributed by atoms with van der Waals surface area (Å²) in [6.07, 6.45) is 7.81. The van der Waals surface area contributed by atoms with Gasteiger partial charge in [-0.2, -0.15) is 0 Å². The fourth-order valence-corrected chi connectivity index (χ4v) is 3.37. The largest absolute Gasteiger partial charge is 0.506 e. The number of hydrogen-bond donors (Lipinski definition) is 2. The summed E-state index contributed by atoms with van der Waals surface area (Å²) in [7, 11) is 0. The maximum Gasteiger partial charge on any atom is 0.159 e. The predicted molar refractivity (Wildman–Crippen MR) is 99.6 cm³/mol. The van der Waals surface area contributed by atoms with Gasteiger partial charge >= 0.3 is 0 Å². The van der Waals surface area contributed by atoms with E-state index in [1.165, 1.54) is 0 Å². The molecule has 0 saturated heterocycles. The molecule has 0 aliphatic carbocycles. The van der Waals surface area contributed by atoms with Crippen LogP contribution in [0.2, 0.25) is 0 Å². The van der Waals surface area contributed by atoms with Crippen molar-refractivity contribution in [2.45, 2.75) is 33.0 Å². The Morgan fingerprint density at radius 2 is 1.96 bits per heavy atom. The monoisotopic (exact) mass is 363 g/mol. The third-order valence-electron chi connectivity index (χ3n) is 4.93. The summed E-state index contributed by atoms with van der Waals surface area (Å²) in [5.74, 6) is 0.881. The van der Waals surface area contributed by atoms with E-state index in [1.54, 1.807) is 25.5 Å². The Balaban J connectivity index is 1.55. The minimum Gasteiger partial charge on any atom is -0.506 e. The van der Waals surface area contributed by atoms with Crippen LogP contribution in [0.15, 0.2) is 36.9 Å². The fraction of sp³-hybridized carbons (Fsp3) is 0.300. The molecule has 0 spiro atoms. The number of aromatic nitrogens is 4. The predicted octanol–water partition coefficient (Wildman–Crippen LogP) is 2.00. The number of nitrogens with zero attached hydrogens (tertiary/aromatic N) is 5. The van der Waals surface area contributed by atoms with Crippen molar-refractivity contribution in [3.63, 3.8) is 0 Å². The maximum absolute atomic E-state index is 10.4. The summed E-state index contributed by atoms with van der Waals surface area (Å²) in [4.78, 5) is 19.6. The fourth-order valence-electron chi connectivity index (χ4n) is 3.37. The average Bonchev–Trinajstić information content (AvgIpc) is 2.72. The SMILES string of the molecule is Cc1ncc(CO)c(CN2CCc3nc(-c4ccncc4)ncc3C2)c1O. The van der Waals surface area contributed by atoms with Gasteiger partial charge in [0.1, 0.15) is 5.75 Å². The van der Waals surface area contributed by atoms with Crippen LogP contribution < -0.4 is 0 Å². The first kappa shape index (κ1) is 17.5. The Hall–Kier alpha value is -2.90. The van der Waals surface area contributed by atoms with Crippen molar-refractivity contribution in [3.8, 4) is 17.1 Å². The van der Waals surface area contributed by atoms with E-state index < -0.39 is 0 Å². The van der Waals surface area contributed by atoms with Crippen molar-refractivity contribution in [1.29, 1.82) is 0 Å². The van der Waals surface area contributed by atoms with Crippen LogP contribution in [0.25, 0.3) is 11.4 Å². The van der Waals surface area contributed by atoms with E-state index in [0.717, 1.165) is 41.2 Å². The van der Waals surface area contributed by atoms with Crippen molar-refractivity contribution in [3.05, 3.63) is 65.0 Å². The van der Waals surface area contributed by atoms with Gasteiger partial charge in [0.25, 0.3) is 0 Å². The number of fused-ring (bicyclic) bond motifs is 1. The topological polar surface area (TPSA) is 95.3 Å². The normalized spacial score (nSPS) is 14.1. The van der Waals surface area contributed by atoms with Gasteiger partial charge in [0.15, 0.2) is 5.82 Å². The van der Waals surface area contributed by atoms with E-state index in [1.807, 2.05) is 18.3 Å². The Morgan fingerprint density at radius 3 is 2.74 bits per heavy atom. The Labute approximate surface area is 157 Å². The molecule has 0 atom stereocenters. The first-order chi connectivity index (χ1) is 13.2. The summed E-state index contributed by atoms with van der Waals surface area (Å²) in [6, 6.07) is 3.81. The van der Waals surface area contributed by atoms with Gasteiger partial charge in [-0.15, -0.1) is 0 Å². The van der Waals surface area contributed by atoms with Crippen LogP contribution in [-0.4, -0.2) is 41.6 Å². The van der Waals surface area contributed by atoms with Gasteiger partial charge in [0.05, 0.1) is 18.0 Å². The lowest BCUT2D eigenvalue weighted by Gasteiger charge is -2.29. The van der Waals surface area contributed by atoms with Gasteiger partial charge < -0.3 is 10.2 Å². The third-order valence-corrected chi connectivity index (χ3v) is 4.93. The van der Waals surface area contributed by atoms with E-state index in [2.05, 4.69) is 19.9 Å². The van der Waals surface area contributed by atoms with Crippen molar-refractivity contribution < 1.29 is 10.2 Å². The number of aliphatic hydroxyl groups is 1. The molecule has 0 fully saturated rings. The molecule has 7 nitrogen and oxygen atoms in total. The summed E-state index contributed by atoms with van der Waals surface area (Å²) in [5.41, 5.74) is 5.08. The number of aromatic hydroxyl groups is 1. The van der Waals surface area contributed by atoms with Crippen molar-refractivity contribution in [2.75, 3.05) is 6.54 Å². The molecule has 27 heavy (non-hydrogen) atoms. The van der Waals surface area contributed by atoms with E-state index in [0.29, 0.717) is 24.3 Å². The molecular formula is C20H21N5O2. The molecule has 0 saturated carbocycles. The zero-order valence-electron chi connectivity index (χ0n) is 15.1. The second-order valence-corrected chi connectivity index (χ2v) is 6.72. The zero-order chi connectivity index (χ0) is 18.8. The Bertz CT molecular complexity index is 962. The quantitative estimate of drug-likeness (QED) is 0.732. The molecule has 3 aromatic heterocycles. The lowest BCUT2D eigenvalue weighted by Crippen LogP contribution is -2.31. The lowest BCUT2D eigenvalue weighted by molar-refractivity contribution is 0.232. The summed E-state index contributed by atoms with van der Waals surface area (Å²) >= 11 is 0. The van der Waals surface area contributed by atoms with Crippen molar-refractivity contribution in [2.24, 2.45) is 0 Å². The maximum atomic E-state index is 10.4. The Kier molecular flexibility index (Phi) is 4.79. The highest BCUT2D eigenvalue weighted by atomic mass is 16.3. The third kappa shape index (κ3) is 3.51. The molecule has 0 aromatic carbocycles. The number of rotatable bonds is 4. The molecule has 0 unspecified atom stereocenters. The molecule has 2 N–H and O–H groups in total. The molecule has 1 aliphatic heterocycles. The van der Waals surface area contributed by atoms with Crippen LogP contribution in [0.1, 0.15) is 28.1 Å². The first-order valence-corrected chi connectivity index (χ1v) is 8.90. The highest BCUT2D eigenvalue weighted by molar-refractivity contribution is 5.54. The molecule has 3 aromatic rings. The van der Waals surface area contributed by atoms with Crippen LogP contribution in [0.5, 0.6) is 5.75 Å². The Morgan fingerprint density at radius 1 is 1.15 bits per heavy atom. The molecule has 0 amide bonds. The van der Waals surface area contributed by atoms with Gasteiger partial charge in [-0.1, -0.05) is 0 Å². The minimum atomic E-state index is -0.140. The number of aliphatic hydroxyl groups excluding tert-OH is 1. The van der Waals surface area contributed by atoms with E-state index in [4.69, 9.17) is 4.98 Å². The van der Waals surface area contributed by atoms with E-state index in [9.17, 15) is 10.2 Å². The summed E-state index contributed by atoms with van der Waals surface area (Å²) in [5, 5.41) is 19.9. The molecule has 4 rings (SSSR count). The second-order valence-electron chi connectivity index (χ2n) is 6.72. The van der Waals surface area contributed by atoms with Crippen LogP contribution in [-0.2, 0) is 26.1 Å². The van der Waals surface area contributed by atoms with Gasteiger partial charge in [0, 0.05) is 73.1 Å². The van der Waals surface area contributed by atoms with Gasteiger partial charge in [0.2, 0.25) is 0 Å². The molecule has 1 aliphatic rings. The standard InChI is InChI=1S/C20H21N5O2/c1-13-19(27)17(16(12-26)9-22-13)11-25-7-4-18-15(10-25)8-23-20(24-18)14-2-5-21-6-3-14/h2-3,5-6,8-9,26-27H,4,7,10-12H2,1H3. The second kappa shape index (κ2) is 7.38. The molecule has 4 heterocycles. The smallest absolute Gasteiger partial charge is 0.159 e. The van der Waals surface area contributed by atoms with Crippen LogP contribution >= 0.6 is 0 Å². The van der Waals surface area contributed by atoms with Crippen LogP contribution in [0.3, 0.4) is 0 Å². The summed E-state index contributed by atoms with van der Waals surface area (Å²) in [6.45, 7) is 3.71. The van der Waals surface area contributed by atoms with Gasteiger partial charge in [-0.25, -0.2) is 9.97 Å². The number of pyridine rings is 2. The van der Waals surface area contributed by atoms with Gasteiger partial charge in [-0.3, -0.25) is 14.9 Å². The lowest BCUT2D eigenvalue weighted by atomic mass is 10.0. The molecule has 7 heteroatoms. The van der Waals surface area contributed by atoms with Gasteiger partial charge in [-0.05, 0) is 19.1 Å². The van der Waals surface area contributed by atoms with E-state index in [-0.39, 0.29) is 12.4 Å². The minimum absolute atomic E-state index is 0.140. The molecule has 138 valence electrons. The highest BCUT2D eigenvalue weighted by Crippen LogP contribution is 2.28. The average molecular weight is 363 g/mol. The van der Waals surface area contributed by atoms with Crippen LogP contribution in [0.4, 0.5) is 0 Å².